The molecule has 20 heavy (non-hydrogen) atoms. The first-order valence-electron chi connectivity index (χ1n) is 6.63. The predicted molar refractivity (Wildman–Crippen MR) is 75.0 cm³/mol. The number of benzene rings is 1. The quantitative estimate of drug-likeness (QED) is 0.798. The van der Waals surface area contributed by atoms with E-state index in [0.717, 1.165) is 30.7 Å². The second-order valence-electron chi connectivity index (χ2n) is 4.96. The molecular weight excluding hydrogens is 278 g/mol. The van der Waals surface area contributed by atoms with Gasteiger partial charge in [0.15, 0.2) is 9.84 Å². The topological polar surface area (TPSA) is 63.7 Å². The summed E-state index contributed by atoms with van der Waals surface area (Å²) in [6.07, 6.45) is 3.41. The Balaban J connectivity index is 2.22. The highest BCUT2D eigenvalue weighted by molar-refractivity contribution is 7.92. The van der Waals surface area contributed by atoms with Gasteiger partial charge in [-0.05, 0) is 37.1 Å². The van der Waals surface area contributed by atoms with Crippen LogP contribution >= 0.6 is 0 Å². The fourth-order valence-corrected chi connectivity index (χ4v) is 4.30. The summed E-state index contributed by atoms with van der Waals surface area (Å²) in [4.78, 5) is 16.9. The SMILES string of the molecule is CON(C)C(=O)c1ccc(S(=O)(=O)C2CCCC2)cc1. The molecule has 1 aliphatic rings. The normalized spacial score (nSPS) is 16.3. The molecule has 6 heteroatoms. The number of rotatable bonds is 4. The third-order valence-corrected chi connectivity index (χ3v) is 6.01. The molecule has 0 atom stereocenters. The van der Waals surface area contributed by atoms with Crippen molar-refractivity contribution in [2.75, 3.05) is 14.2 Å². The van der Waals surface area contributed by atoms with Crippen molar-refractivity contribution in [1.29, 1.82) is 0 Å². The van der Waals surface area contributed by atoms with Gasteiger partial charge in [-0.25, -0.2) is 13.5 Å². The van der Waals surface area contributed by atoms with Crippen LogP contribution in [0.3, 0.4) is 0 Å². The maximum Gasteiger partial charge on any atom is 0.277 e. The summed E-state index contributed by atoms with van der Waals surface area (Å²) in [6, 6.07) is 6.06. The molecule has 1 amide bonds. The molecule has 0 saturated heterocycles. The third-order valence-electron chi connectivity index (χ3n) is 3.73. The van der Waals surface area contributed by atoms with Gasteiger partial charge >= 0.3 is 0 Å². The van der Waals surface area contributed by atoms with Crippen molar-refractivity contribution in [2.24, 2.45) is 0 Å². The summed E-state index contributed by atoms with van der Waals surface area (Å²) in [7, 11) is -0.358. The summed E-state index contributed by atoms with van der Waals surface area (Å²) in [5.41, 5.74) is 0.403. The molecule has 110 valence electrons. The first-order valence-corrected chi connectivity index (χ1v) is 8.17. The van der Waals surface area contributed by atoms with Gasteiger partial charge in [-0.2, -0.15) is 0 Å². The lowest BCUT2D eigenvalue weighted by atomic mass is 10.2. The lowest BCUT2D eigenvalue weighted by Crippen LogP contribution is -2.25. The average molecular weight is 297 g/mol. The Morgan fingerprint density at radius 1 is 1.20 bits per heavy atom. The van der Waals surface area contributed by atoms with Gasteiger partial charge in [-0.3, -0.25) is 9.63 Å². The summed E-state index contributed by atoms with van der Waals surface area (Å²) in [5, 5.41) is 0.825. The van der Waals surface area contributed by atoms with E-state index in [1.165, 1.54) is 38.4 Å². The second kappa shape index (κ2) is 5.93. The van der Waals surface area contributed by atoms with Gasteiger partial charge in [0, 0.05) is 12.6 Å². The van der Waals surface area contributed by atoms with Crippen molar-refractivity contribution in [3.63, 3.8) is 0 Å². The molecule has 1 fully saturated rings. The van der Waals surface area contributed by atoms with Crippen molar-refractivity contribution in [1.82, 2.24) is 5.06 Å². The molecule has 1 aromatic rings. The third kappa shape index (κ3) is 2.86. The highest BCUT2D eigenvalue weighted by Gasteiger charge is 2.30. The smallest absolute Gasteiger partial charge is 0.274 e. The summed E-state index contributed by atoms with van der Waals surface area (Å²) >= 11 is 0. The zero-order chi connectivity index (χ0) is 14.8. The van der Waals surface area contributed by atoms with Gasteiger partial charge < -0.3 is 0 Å². The molecule has 0 radical (unpaired) electrons. The van der Waals surface area contributed by atoms with E-state index < -0.39 is 9.84 Å². The maximum absolute atomic E-state index is 12.4. The molecule has 0 bridgehead atoms. The van der Waals surface area contributed by atoms with Crippen molar-refractivity contribution in [3.05, 3.63) is 29.8 Å². The number of amides is 1. The van der Waals surface area contributed by atoms with E-state index in [-0.39, 0.29) is 11.2 Å². The monoisotopic (exact) mass is 297 g/mol. The van der Waals surface area contributed by atoms with Crippen LogP contribution in [-0.4, -0.2) is 38.8 Å². The van der Waals surface area contributed by atoms with Gasteiger partial charge in [0.05, 0.1) is 17.3 Å². The number of carbonyl (C=O) groups is 1. The highest BCUT2D eigenvalue weighted by atomic mass is 32.2. The molecular formula is C14H19NO4S. The number of sulfone groups is 1. The van der Waals surface area contributed by atoms with Crippen molar-refractivity contribution in [2.45, 2.75) is 35.8 Å². The Kier molecular flexibility index (Phi) is 4.45. The largest absolute Gasteiger partial charge is 0.277 e. The standard InChI is InChI=1S/C14H19NO4S/c1-15(19-2)14(16)11-7-9-13(10-8-11)20(17,18)12-5-3-4-6-12/h7-10,12H,3-6H2,1-2H3. The second-order valence-corrected chi connectivity index (χ2v) is 7.19. The zero-order valence-electron chi connectivity index (χ0n) is 11.7. The van der Waals surface area contributed by atoms with Crippen molar-refractivity contribution >= 4 is 15.7 Å². The number of carbonyl (C=O) groups excluding carboxylic acids is 1. The van der Waals surface area contributed by atoms with Crippen LogP contribution in [0.2, 0.25) is 0 Å². The minimum atomic E-state index is -3.26. The number of hydrogen-bond acceptors (Lipinski definition) is 4. The van der Waals surface area contributed by atoms with E-state index in [9.17, 15) is 13.2 Å². The van der Waals surface area contributed by atoms with E-state index in [1.807, 2.05) is 0 Å². The summed E-state index contributed by atoms with van der Waals surface area (Å²) in [5.74, 6) is -0.308. The molecule has 0 unspecified atom stereocenters. The Morgan fingerprint density at radius 3 is 2.25 bits per heavy atom. The van der Waals surface area contributed by atoms with Crippen LogP contribution in [-0.2, 0) is 14.7 Å². The Morgan fingerprint density at radius 2 is 1.75 bits per heavy atom. The molecule has 0 spiro atoms. The van der Waals surface area contributed by atoms with E-state index in [0.29, 0.717) is 10.5 Å². The van der Waals surface area contributed by atoms with Crippen molar-refractivity contribution in [3.8, 4) is 0 Å². The van der Waals surface area contributed by atoms with Crippen LogP contribution in [0, 0.1) is 0 Å². The molecule has 0 aliphatic heterocycles. The Labute approximate surface area is 119 Å². The molecule has 1 saturated carbocycles. The Bertz CT molecular complexity index is 574. The first-order chi connectivity index (χ1) is 9.46. The van der Waals surface area contributed by atoms with Crippen LogP contribution < -0.4 is 0 Å². The minimum absolute atomic E-state index is 0.272. The predicted octanol–water partition coefficient (Wildman–Crippen LogP) is 2.04. The van der Waals surface area contributed by atoms with Crippen LogP contribution in [0.1, 0.15) is 36.0 Å². The van der Waals surface area contributed by atoms with Crippen molar-refractivity contribution < 1.29 is 18.0 Å². The van der Waals surface area contributed by atoms with Gasteiger partial charge in [0.25, 0.3) is 5.91 Å². The number of hydroxylamine groups is 2. The van der Waals surface area contributed by atoms with E-state index in [4.69, 9.17) is 4.84 Å². The molecule has 5 nitrogen and oxygen atoms in total. The van der Waals surface area contributed by atoms with Gasteiger partial charge in [0.1, 0.15) is 0 Å². The van der Waals surface area contributed by atoms with Crippen LogP contribution in [0.25, 0.3) is 0 Å². The van der Waals surface area contributed by atoms with Crippen LogP contribution in [0.15, 0.2) is 29.2 Å². The fourth-order valence-electron chi connectivity index (χ4n) is 2.44. The molecule has 1 aromatic carbocycles. The van der Waals surface area contributed by atoms with Crippen LogP contribution in [0.5, 0.6) is 0 Å². The summed E-state index contributed by atoms with van der Waals surface area (Å²) < 4.78 is 24.8. The Hall–Kier alpha value is -1.40. The maximum atomic E-state index is 12.4. The van der Waals surface area contributed by atoms with E-state index >= 15 is 0 Å². The van der Waals surface area contributed by atoms with E-state index in [1.54, 1.807) is 0 Å². The average Bonchev–Trinajstić information content (AvgIpc) is 3.00. The van der Waals surface area contributed by atoms with Crippen LogP contribution in [0.4, 0.5) is 0 Å². The lowest BCUT2D eigenvalue weighted by molar-refractivity contribution is -0.0757. The number of hydrogen-bond donors (Lipinski definition) is 0. The van der Waals surface area contributed by atoms with Gasteiger partial charge in [-0.1, -0.05) is 12.8 Å². The lowest BCUT2D eigenvalue weighted by Gasteiger charge is -2.14. The van der Waals surface area contributed by atoms with Gasteiger partial charge in [-0.15, -0.1) is 0 Å². The molecule has 0 heterocycles. The van der Waals surface area contributed by atoms with Gasteiger partial charge in [0.2, 0.25) is 0 Å². The fraction of sp³-hybridized carbons (Fsp3) is 0.500. The molecule has 2 rings (SSSR count). The minimum Gasteiger partial charge on any atom is -0.274 e. The molecule has 1 aliphatic carbocycles. The zero-order valence-corrected chi connectivity index (χ0v) is 12.5. The van der Waals surface area contributed by atoms with E-state index in [2.05, 4.69) is 0 Å². The first kappa shape index (κ1) is 15.0. The summed E-state index contributed by atoms with van der Waals surface area (Å²) in [6.45, 7) is 0. The molecule has 0 N–H and O–H groups in total. The highest BCUT2D eigenvalue weighted by Crippen LogP contribution is 2.29. The molecule has 0 aromatic heterocycles. The number of nitrogens with zero attached hydrogens (tertiary/aromatic N) is 1.